The number of fused-ring (bicyclic) bond motifs is 1. The molecule has 2 unspecified atom stereocenters. The SMILES string of the molecule is O=C(Cc1ccccc1)N[C@@H]1C(=O)N2C(C(=O)OCc3ccc([N+](=O)[O-])cc3)C(C(=O)OC(c3ccccc3)c3ccccc3)[S@@](=O)[C@H]12. The number of carbonyl (C=O) groups is 4. The van der Waals surface area contributed by atoms with Crippen LogP contribution < -0.4 is 5.32 Å². The molecule has 4 aromatic rings. The average Bonchev–Trinajstić information content (AvgIpc) is 3.39. The molecule has 2 heterocycles. The van der Waals surface area contributed by atoms with Crippen molar-refractivity contribution < 1.29 is 37.8 Å². The van der Waals surface area contributed by atoms with Gasteiger partial charge in [-0.15, -0.1) is 0 Å². The molecule has 2 aliphatic rings. The third-order valence-corrected chi connectivity index (χ3v) is 10.0. The second-order valence-corrected chi connectivity index (χ2v) is 12.9. The molecule has 0 bridgehead atoms. The van der Waals surface area contributed by atoms with Crippen LogP contribution in [0, 0.1) is 10.1 Å². The Morgan fingerprint density at radius 1 is 0.812 bits per heavy atom. The van der Waals surface area contributed by atoms with Crippen molar-refractivity contribution in [1.82, 2.24) is 10.2 Å². The minimum Gasteiger partial charge on any atom is -0.459 e. The first kappa shape index (κ1) is 32.3. The van der Waals surface area contributed by atoms with Crippen LogP contribution in [-0.2, 0) is 52.5 Å². The summed E-state index contributed by atoms with van der Waals surface area (Å²) in [5.74, 6) is -3.18. The second kappa shape index (κ2) is 14.0. The lowest BCUT2D eigenvalue weighted by Gasteiger charge is -2.43. The zero-order valence-electron chi connectivity index (χ0n) is 25.2. The lowest BCUT2D eigenvalue weighted by molar-refractivity contribution is -0.384. The maximum atomic E-state index is 14.0. The second-order valence-electron chi connectivity index (χ2n) is 11.2. The highest BCUT2D eigenvalue weighted by molar-refractivity contribution is 7.87. The van der Waals surface area contributed by atoms with Gasteiger partial charge in [-0.2, -0.15) is 0 Å². The maximum absolute atomic E-state index is 14.0. The highest BCUT2D eigenvalue weighted by Gasteiger charge is 2.67. The molecule has 13 heteroatoms. The van der Waals surface area contributed by atoms with Crippen LogP contribution in [0.4, 0.5) is 5.69 Å². The summed E-state index contributed by atoms with van der Waals surface area (Å²) in [7, 11) is -2.19. The fourth-order valence-electron chi connectivity index (χ4n) is 5.77. The Bertz CT molecular complexity index is 1820. The number of benzene rings is 4. The number of amides is 2. The number of non-ortho nitro benzene ring substituents is 1. The van der Waals surface area contributed by atoms with Crippen molar-refractivity contribution in [2.24, 2.45) is 0 Å². The van der Waals surface area contributed by atoms with E-state index < -0.39 is 68.3 Å². The van der Waals surface area contributed by atoms with Crippen molar-refractivity contribution in [2.75, 3.05) is 0 Å². The van der Waals surface area contributed by atoms with Crippen molar-refractivity contribution in [1.29, 1.82) is 0 Å². The van der Waals surface area contributed by atoms with Gasteiger partial charge in [0.2, 0.25) is 11.8 Å². The van der Waals surface area contributed by atoms with Crippen molar-refractivity contribution in [3.05, 3.63) is 148 Å². The van der Waals surface area contributed by atoms with Gasteiger partial charge in [0.15, 0.2) is 17.4 Å². The largest absolute Gasteiger partial charge is 0.459 e. The summed E-state index contributed by atoms with van der Waals surface area (Å²) in [6, 6.07) is 29.1. The van der Waals surface area contributed by atoms with E-state index >= 15 is 0 Å². The third-order valence-electron chi connectivity index (χ3n) is 8.12. The third kappa shape index (κ3) is 6.58. The molecule has 0 aromatic heterocycles. The Morgan fingerprint density at radius 3 is 1.94 bits per heavy atom. The van der Waals surface area contributed by atoms with Crippen LogP contribution in [0.2, 0.25) is 0 Å². The van der Waals surface area contributed by atoms with Crippen LogP contribution in [-0.4, -0.2) is 60.5 Å². The molecule has 2 saturated heterocycles. The topological polar surface area (TPSA) is 162 Å². The molecule has 4 aromatic carbocycles. The summed E-state index contributed by atoms with van der Waals surface area (Å²) in [5.41, 5.74) is 2.22. The van der Waals surface area contributed by atoms with Crippen LogP contribution in [0.25, 0.3) is 0 Å². The predicted molar refractivity (Wildman–Crippen MR) is 172 cm³/mol. The molecule has 48 heavy (non-hydrogen) atoms. The standard InChI is InChI=1S/C35H29N3O9S/c39-27(20-22-10-4-1-5-11-22)36-28-32(40)37-29(34(41)46-21-23-16-18-26(19-17-23)38(43)44)31(48(45)33(28)37)35(42)47-30(24-12-6-2-7-13-24)25-14-8-3-9-15-25/h1-19,28-31,33H,20-21H2,(H,36,39)/t28-,29?,31?,33-,48-/m1/s1. The van der Waals surface area contributed by atoms with Crippen LogP contribution in [0.5, 0.6) is 0 Å². The van der Waals surface area contributed by atoms with Gasteiger partial charge in [-0.1, -0.05) is 91.0 Å². The highest BCUT2D eigenvalue weighted by Crippen LogP contribution is 2.40. The molecular formula is C35H29N3O9S. The summed E-state index contributed by atoms with van der Waals surface area (Å²) in [4.78, 5) is 65.4. The van der Waals surface area contributed by atoms with E-state index in [1.54, 1.807) is 91.0 Å². The van der Waals surface area contributed by atoms with E-state index in [9.17, 15) is 33.5 Å². The minimum absolute atomic E-state index is 0.0357. The number of rotatable bonds is 11. The zero-order chi connectivity index (χ0) is 33.8. The molecular weight excluding hydrogens is 638 g/mol. The zero-order valence-corrected chi connectivity index (χ0v) is 26.1. The van der Waals surface area contributed by atoms with Crippen LogP contribution >= 0.6 is 0 Å². The van der Waals surface area contributed by atoms with Crippen LogP contribution in [0.1, 0.15) is 28.4 Å². The number of esters is 2. The number of carbonyl (C=O) groups excluding carboxylic acids is 4. The molecule has 6 rings (SSSR count). The first-order chi connectivity index (χ1) is 23.2. The van der Waals surface area contributed by atoms with Crippen LogP contribution in [0.15, 0.2) is 115 Å². The van der Waals surface area contributed by atoms with E-state index in [1.807, 2.05) is 0 Å². The number of hydrogen-bond acceptors (Lipinski definition) is 9. The molecule has 5 atom stereocenters. The quantitative estimate of drug-likeness (QED) is 0.109. The van der Waals surface area contributed by atoms with Gasteiger partial charge in [0.05, 0.1) is 22.1 Å². The number of nitrogens with zero attached hydrogens (tertiary/aromatic N) is 2. The number of β-lactam (4-membered cyclic amide) rings is 1. The molecule has 0 saturated carbocycles. The lowest BCUT2D eigenvalue weighted by atomic mass is 10.00. The summed E-state index contributed by atoms with van der Waals surface area (Å²) in [5, 5.41) is 10.8. The Balaban J connectivity index is 1.26. The smallest absolute Gasteiger partial charge is 0.331 e. The monoisotopic (exact) mass is 667 g/mol. The molecule has 2 fully saturated rings. The summed E-state index contributed by atoms with van der Waals surface area (Å²) >= 11 is 0. The van der Waals surface area contributed by atoms with E-state index in [4.69, 9.17) is 9.47 Å². The molecule has 12 nitrogen and oxygen atoms in total. The first-order valence-corrected chi connectivity index (χ1v) is 16.3. The van der Waals surface area contributed by atoms with Crippen molar-refractivity contribution >= 4 is 40.2 Å². The van der Waals surface area contributed by atoms with Crippen molar-refractivity contribution in [3.8, 4) is 0 Å². The number of nitro benzene ring substituents is 1. The van der Waals surface area contributed by atoms with Gasteiger partial charge in [0.25, 0.3) is 5.69 Å². The van der Waals surface area contributed by atoms with E-state index in [-0.39, 0.29) is 18.7 Å². The molecule has 2 aliphatic heterocycles. The minimum atomic E-state index is -2.19. The van der Waals surface area contributed by atoms with E-state index in [1.165, 1.54) is 24.3 Å². The predicted octanol–water partition coefficient (Wildman–Crippen LogP) is 3.37. The normalized spacial score (nSPS) is 21.1. The average molecular weight is 668 g/mol. The number of nitro groups is 1. The van der Waals surface area contributed by atoms with Gasteiger partial charge in [-0.25, -0.2) is 4.79 Å². The Hall–Kier alpha value is -5.69. The Labute approximate surface area is 277 Å². The van der Waals surface area contributed by atoms with E-state index in [0.717, 1.165) is 4.90 Å². The molecule has 244 valence electrons. The molecule has 2 amide bonds. The van der Waals surface area contributed by atoms with E-state index in [2.05, 4.69) is 5.32 Å². The van der Waals surface area contributed by atoms with Gasteiger partial charge >= 0.3 is 11.9 Å². The number of ether oxygens (including phenoxy) is 2. The summed E-state index contributed by atoms with van der Waals surface area (Å²) in [6.07, 6.45) is -0.953. The molecule has 0 radical (unpaired) electrons. The molecule has 0 spiro atoms. The number of hydrogen-bond donors (Lipinski definition) is 1. The lowest BCUT2D eigenvalue weighted by Crippen LogP contribution is -2.71. The summed E-state index contributed by atoms with van der Waals surface area (Å²) < 4.78 is 25.5. The van der Waals surface area contributed by atoms with Crippen molar-refractivity contribution in [3.63, 3.8) is 0 Å². The van der Waals surface area contributed by atoms with Gasteiger partial charge in [0.1, 0.15) is 18.0 Å². The Morgan fingerprint density at radius 2 is 1.38 bits per heavy atom. The maximum Gasteiger partial charge on any atom is 0.331 e. The van der Waals surface area contributed by atoms with Gasteiger partial charge in [-0.05, 0) is 34.4 Å². The highest BCUT2D eigenvalue weighted by atomic mass is 32.2. The van der Waals surface area contributed by atoms with E-state index in [0.29, 0.717) is 22.3 Å². The molecule has 0 aliphatic carbocycles. The van der Waals surface area contributed by atoms with Crippen molar-refractivity contribution in [2.45, 2.75) is 41.8 Å². The first-order valence-electron chi connectivity index (χ1n) is 15.0. The van der Waals surface area contributed by atoms with Gasteiger partial charge < -0.3 is 19.7 Å². The summed E-state index contributed by atoms with van der Waals surface area (Å²) in [6.45, 7) is -0.331. The fourth-order valence-corrected chi connectivity index (χ4v) is 7.73. The van der Waals surface area contributed by atoms with Crippen LogP contribution in [0.3, 0.4) is 0 Å². The number of nitrogens with one attached hydrogen (secondary N) is 1. The Kier molecular flexibility index (Phi) is 9.39. The van der Waals surface area contributed by atoms with Gasteiger partial charge in [0, 0.05) is 12.1 Å². The van der Waals surface area contributed by atoms with Gasteiger partial charge in [-0.3, -0.25) is 28.7 Å². The molecule has 1 N–H and O–H groups in total. The fraction of sp³-hybridized carbons (Fsp3) is 0.200.